The summed E-state index contributed by atoms with van der Waals surface area (Å²) in [6.07, 6.45) is 5.07. The molecule has 2 N–H and O–H groups in total. The standard InChI is InChI=1S/C13H22N2S/c1-2-12(13-6-4-10-16-13)15-11-5-3-8-14-9-7-11/h4,6,10-12,14-15H,2-3,5,7-9H2,1H3. The molecule has 2 heterocycles. The monoisotopic (exact) mass is 238 g/mol. The van der Waals surface area contributed by atoms with Gasteiger partial charge in [0.05, 0.1) is 0 Å². The summed E-state index contributed by atoms with van der Waals surface area (Å²) in [6, 6.07) is 5.66. The predicted octanol–water partition coefficient (Wildman–Crippen LogP) is 2.93. The fourth-order valence-electron chi connectivity index (χ4n) is 2.36. The quantitative estimate of drug-likeness (QED) is 0.843. The maximum absolute atomic E-state index is 3.82. The Morgan fingerprint density at radius 3 is 3.19 bits per heavy atom. The Bertz CT molecular complexity index is 276. The first kappa shape index (κ1) is 12.1. The topological polar surface area (TPSA) is 24.1 Å². The molecule has 1 aliphatic rings. The molecule has 1 fully saturated rings. The van der Waals surface area contributed by atoms with E-state index in [0.717, 1.165) is 0 Å². The highest BCUT2D eigenvalue weighted by Gasteiger charge is 2.17. The van der Waals surface area contributed by atoms with Gasteiger partial charge in [-0.25, -0.2) is 0 Å². The van der Waals surface area contributed by atoms with Crippen LogP contribution in [0.4, 0.5) is 0 Å². The Labute approximate surface area is 102 Å². The van der Waals surface area contributed by atoms with Crippen LogP contribution in [0.5, 0.6) is 0 Å². The lowest BCUT2D eigenvalue weighted by molar-refractivity contribution is 0.401. The van der Waals surface area contributed by atoms with E-state index >= 15 is 0 Å². The lowest BCUT2D eigenvalue weighted by atomic mass is 10.1. The highest BCUT2D eigenvalue weighted by molar-refractivity contribution is 7.10. The molecule has 2 unspecified atom stereocenters. The minimum absolute atomic E-state index is 0.558. The molecular weight excluding hydrogens is 216 g/mol. The van der Waals surface area contributed by atoms with E-state index in [4.69, 9.17) is 0 Å². The van der Waals surface area contributed by atoms with E-state index in [0.29, 0.717) is 12.1 Å². The number of nitrogens with one attached hydrogen (secondary N) is 2. The van der Waals surface area contributed by atoms with E-state index < -0.39 is 0 Å². The van der Waals surface area contributed by atoms with Crippen molar-refractivity contribution in [1.29, 1.82) is 0 Å². The third-order valence-corrected chi connectivity index (χ3v) is 4.29. The molecule has 0 bridgehead atoms. The number of rotatable bonds is 4. The van der Waals surface area contributed by atoms with Crippen LogP contribution in [0.2, 0.25) is 0 Å². The molecular formula is C13H22N2S. The molecule has 90 valence electrons. The molecule has 0 aromatic carbocycles. The van der Waals surface area contributed by atoms with Gasteiger partial charge in [0, 0.05) is 17.0 Å². The largest absolute Gasteiger partial charge is 0.317 e. The molecule has 3 heteroatoms. The average molecular weight is 238 g/mol. The average Bonchev–Trinajstić information content (AvgIpc) is 2.71. The Kier molecular flexibility index (Phi) is 4.82. The lowest BCUT2D eigenvalue weighted by Gasteiger charge is -2.23. The van der Waals surface area contributed by atoms with Gasteiger partial charge >= 0.3 is 0 Å². The number of hydrogen-bond acceptors (Lipinski definition) is 3. The van der Waals surface area contributed by atoms with Gasteiger partial charge in [0.15, 0.2) is 0 Å². The van der Waals surface area contributed by atoms with Gasteiger partial charge in [0.1, 0.15) is 0 Å². The van der Waals surface area contributed by atoms with Crippen molar-refractivity contribution in [3.8, 4) is 0 Å². The molecule has 1 aromatic heterocycles. The molecule has 1 saturated heterocycles. The number of hydrogen-bond donors (Lipinski definition) is 2. The molecule has 0 saturated carbocycles. The summed E-state index contributed by atoms with van der Waals surface area (Å²) in [5.41, 5.74) is 0. The summed E-state index contributed by atoms with van der Waals surface area (Å²) in [5, 5.41) is 9.46. The van der Waals surface area contributed by atoms with Crippen LogP contribution < -0.4 is 10.6 Å². The lowest BCUT2D eigenvalue weighted by Crippen LogP contribution is -2.33. The van der Waals surface area contributed by atoms with Gasteiger partial charge in [-0.15, -0.1) is 11.3 Å². The summed E-state index contributed by atoms with van der Waals surface area (Å²) < 4.78 is 0. The molecule has 2 nitrogen and oxygen atoms in total. The van der Waals surface area contributed by atoms with Crippen LogP contribution in [0.1, 0.15) is 43.5 Å². The molecule has 1 aromatic rings. The molecule has 0 aliphatic carbocycles. The van der Waals surface area contributed by atoms with Gasteiger partial charge < -0.3 is 10.6 Å². The summed E-state index contributed by atoms with van der Waals surface area (Å²) in [6.45, 7) is 4.62. The summed E-state index contributed by atoms with van der Waals surface area (Å²) in [5.74, 6) is 0. The Morgan fingerprint density at radius 2 is 2.44 bits per heavy atom. The third kappa shape index (κ3) is 3.30. The molecule has 0 spiro atoms. The fourth-order valence-corrected chi connectivity index (χ4v) is 3.23. The van der Waals surface area contributed by atoms with E-state index in [1.807, 2.05) is 11.3 Å². The van der Waals surface area contributed by atoms with Crippen molar-refractivity contribution in [2.45, 2.75) is 44.7 Å². The van der Waals surface area contributed by atoms with Crippen LogP contribution in [0.3, 0.4) is 0 Å². The first-order valence-corrected chi connectivity index (χ1v) is 7.28. The molecule has 16 heavy (non-hydrogen) atoms. The second-order valence-electron chi connectivity index (χ2n) is 4.52. The van der Waals surface area contributed by atoms with Crippen molar-refractivity contribution in [2.24, 2.45) is 0 Å². The van der Waals surface area contributed by atoms with Crippen LogP contribution in [-0.4, -0.2) is 19.1 Å². The SMILES string of the molecule is CCC(NC1CCCNCC1)c1cccs1. The maximum Gasteiger partial charge on any atom is 0.0414 e. The highest BCUT2D eigenvalue weighted by Crippen LogP contribution is 2.23. The zero-order valence-electron chi connectivity index (χ0n) is 10.0. The van der Waals surface area contributed by atoms with Crippen LogP contribution >= 0.6 is 11.3 Å². The van der Waals surface area contributed by atoms with Crippen molar-refractivity contribution in [3.63, 3.8) is 0 Å². The molecule has 2 rings (SSSR count). The van der Waals surface area contributed by atoms with Gasteiger partial charge in [0.25, 0.3) is 0 Å². The van der Waals surface area contributed by atoms with Crippen molar-refractivity contribution >= 4 is 11.3 Å². The van der Waals surface area contributed by atoms with Gasteiger partial charge in [0.2, 0.25) is 0 Å². The zero-order valence-corrected chi connectivity index (χ0v) is 10.9. The molecule has 0 amide bonds. The van der Waals surface area contributed by atoms with Gasteiger partial charge in [-0.05, 0) is 50.2 Å². The maximum atomic E-state index is 3.82. The Balaban J connectivity index is 1.90. The van der Waals surface area contributed by atoms with E-state index in [9.17, 15) is 0 Å². The Morgan fingerprint density at radius 1 is 1.50 bits per heavy atom. The van der Waals surface area contributed by atoms with Gasteiger partial charge in [-0.3, -0.25) is 0 Å². The van der Waals surface area contributed by atoms with Gasteiger partial charge in [-0.2, -0.15) is 0 Å². The number of thiophene rings is 1. The smallest absolute Gasteiger partial charge is 0.0414 e. The normalized spacial score (nSPS) is 23.9. The highest BCUT2D eigenvalue weighted by atomic mass is 32.1. The molecule has 0 radical (unpaired) electrons. The second-order valence-corrected chi connectivity index (χ2v) is 5.50. The van der Waals surface area contributed by atoms with Gasteiger partial charge in [-0.1, -0.05) is 13.0 Å². The minimum atomic E-state index is 0.558. The predicted molar refractivity (Wildman–Crippen MR) is 71.0 cm³/mol. The molecule has 1 aliphatic heterocycles. The van der Waals surface area contributed by atoms with Crippen molar-refractivity contribution in [3.05, 3.63) is 22.4 Å². The van der Waals surface area contributed by atoms with Crippen molar-refractivity contribution in [1.82, 2.24) is 10.6 Å². The first-order chi connectivity index (χ1) is 7.90. The van der Waals surface area contributed by atoms with E-state index in [2.05, 4.69) is 35.1 Å². The van der Waals surface area contributed by atoms with Crippen LogP contribution in [-0.2, 0) is 0 Å². The third-order valence-electron chi connectivity index (χ3n) is 3.31. The van der Waals surface area contributed by atoms with Crippen LogP contribution in [0.15, 0.2) is 17.5 Å². The van der Waals surface area contributed by atoms with E-state index in [1.165, 1.54) is 43.6 Å². The summed E-state index contributed by atoms with van der Waals surface area (Å²) >= 11 is 1.87. The first-order valence-electron chi connectivity index (χ1n) is 6.40. The van der Waals surface area contributed by atoms with Crippen molar-refractivity contribution < 1.29 is 0 Å². The van der Waals surface area contributed by atoms with Crippen LogP contribution in [0.25, 0.3) is 0 Å². The fraction of sp³-hybridized carbons (Fsp3) is 0.692. The van der Waals surface area contributed by atoms with E-state index in [1.54, 1.807) is 0 Å². The summed E-state index contributed by atoms with van der Waals surface area (Å²) in [7, 11) is 0. The second kappa shape index (κ2) is 6.38. The van der Waals surface area contributed by atoms with E-state index in [-0.39, 0.29) is 0 Å². The zero-order chi connectivity index (χ0) is 11.2. The molecule has 2 atom stereocenters. The van der Waals surface area contributed by atoms with Crippen molar-refractivity contribution in [2.75, 3.05) is 13.1 Å². The summed E-state index contributed by atoms with van der Waals surface area (Å²) in [4.78, 5) is 1.49. The Hall–Kier alpha value is -0.380. The van der Waals surface area contributed by atoms with Crippen LogP contribution in [0, 0.1) is 0 Å². The minimum Gasteiger partial charge on any atom is -0.317 e.